The van der Waals surface area contributed by atoms with Crippen LogP contribution in [0.5, 0.6) is 0 Å². The largest absolute Gasteiger partial charge is 0.302 e. The van der Waals surface area contributed by atoms with E-state index in [1.807, 2.05) is 76.7 Å². The zero-order valence-electron chi connectivity index (χ0n) is 17.4. The van der Waals surface area contributed by atoms with Crippen LogP contribution in [0, 0.1) is 0 Å². The van der Waals surface area contributed by atoms with Crippen molar-refractivity contribution in [2.24, 2.45) is 0 Å². The summed E-state index contributed by atoms with van der Waals surface area (Å²) in [6.07, 6.45) is 0.387. The highest BCUT2D eigenvalue weighted by atomic mass is 32.1. The van der Waals surface area contributed by atoms with Crippen molar-refractivity contribution in [1.82, 2.24) is 14.5 Å². The Balaban J connectivity index is 1.29. The van der Waals surface area contributed by atoms with Gasteiger partial charge in [0.25, 0.3) is 0 Å². The highest BCUT2D eigenvalue weighted by Gasteiger charge is 2.16. The van der Waals surface area contributed by atoms with Gasteiger partial charge in [-0.05, 0) is 35.7 Å². The van der Waals surface area contributed by atoms with Crippen LogP contribution < -0.4 is 10.6 Å². The van der Waals surface area contributed by atoms with Crippen molar-refractivity contribution in [3.63, 3.8) is 0 Å². The standard InChI is InChI=1S/C24H19N5O2S2/c30-21(13-16-15-33-24(25-16)28-22(31)14-18-9-6-12-32-18)27-23-26-19-10-4-5-11-20(19)29(23)17-7-2-1-3-8-17/h1-12,15H,13-14H2,(H,25,28,31)(H,26,27,30). The number of imidazole rings is 1. The average Bonchev–Trinajstić information content (AvgIpc) is 3.55. The Morgan fingerprint density at radius 2 is 1.61 bits per heavy atom. The fraction of sp³-hybridized carbons (Fsp3) is 0.0833. The first-order valence-corrected chi connectivity index (χ1v) is 12.0. The van der Waals surface area contributed by atoms with E-state index >= 15 is 0 Å². The van der Waals surface area contributed by atoms with Crippen molar-refractivity contribution in [1.29, 1.82) is 0 Å². The van der Waals surface area contributed by atoms with Crippen molar-refractivity contribution in [3.8, 4) is 5.69 Å². The first-order valence-electron chi connectivity index (χ1n) is 10.2. The van der Waals surface area contributed by atoms with Crippen molar-refractivity contribution in [2.45, 2.75) is 12.8 Å². The highest BCUT2D eigenvalue weighted by molar-refractivity contribution is 7.14. The van der Waals surface area contributed by atoms with E-state index in [0.29, 0.717) is 23.2 Å². The maximum atomic E-state index is 12.8. The van der Waals surface area contributed by atoms with E-state index in [4.69, 9.17) is 0 Å². The molecule has 2 aromatic carbocycles. The number of fused-ring (bicyclic) bond motifs is 1. The average molecular weight is 474 g/mol. The third-order valence-electron chi connectivity index (χ3n) is 4.88. The van der Waals surface area contributed by atoms with Gasteiger partial charge < -0.3 is 5.32 Å². The quantitative estimate of drug-likeness (QED) is 0.352. The molecule has 0 aliphatic carbocycles. The number of thiazole rings is 1. The molecule has 0 aliphatic rings. The lowest BCUT2D eigenvalue weighted by Gasteiger charge is -2.09. The third kappa shape index (κ3) is 4.84. The highest BCUT2D eigenvalue weighted by Crippen LogP contribution is 2.25. The van der Waals surface area contributed by atoms with Gasteiger partial charge >= 0.3 is 0 Å². The number of aromatic nitrogens is 3. The number of hydrogen-bond donors (Lipinski definition) is 2. The number of anilines is 2. The predicted molar refractivity (Wildman–Crippen MR) is 132 cm³/mol. The van der Waals surface area contributed by atoms with E-state index in [1.165, 1.54) is 22.7 Å². The topological polar surface area (TPSA) is 88.9 Å². The molecule has 5 rings (SSSR count). The summed E-state index contributed by atoms with van der Waals surface area (Å²) in [5, 5.41) is 9.92. The molecule has 0 bridgehead atoms. The second kappa shape index (κ2) is 9.35. The van der Waals surface area contributed by atoms with Crippen LogP contribution >= 0.6 is 22.7 Å². The molecular weight excluding hydrogens is 454 g/mol. The van der Waals surface area contributed by atoms with Gasteiger partial charge in [-0.3, -0.25) is 19.5 Å². The van der Waals surface area contributed by atoms with Crippen LogP contribution in [0.3, 0.4) is 0 Å². The fourth-order valence-electron chi connectivity index (χ4n) is 3.46. The predicted octanol–water partition coefficient (Wildman–Crippen LogP) is 4.91. The second-order valence-corrected chi connectivity index (χ2v) is 9.16. The van der Waals surface area contributed by atoms with Crippen molar-refractivity contribution < 1.29 is 9.59 Å². The molecule has 0 radical (unpaired) electrons. The van der Waals surface area contributed by atoms with Gasteiger partial charge in [-0.15, -0.1) is 22.7 Å². The summed E-state index contributed by atoms with van der Waals surface area (Å²) in [5.74, 6) is 0.0933. The summed E-state index contributed by atoms with van der Waals surface area (Å²) in [6, 6.07) is 21.3. The monoisotopic (exact) mass is 473 g/mol. The summed E-state index contributed by atoms with van der Waals surface area (Å²) in [4.78, 5) is 35.0. The van der Waals surface area contributed by atoms with Crippen molar-refractivity contribution in [3.05, 3.63) is 88.1 Å². The number of carbonyl (C=O) groups excluding carboxylic acids is 2. The lowest BCUT2D eigenvalue weighted by atomic mass is 10.3. The second-order valence-electron chi connectivity index (χ2n) is 7.27. The van der Waals surface area contributed by atoms with Crippen molar-refractivity contribution in [2.75, 3.05) is 10.6 Å². The summed E-state index contributed by atoms with van der Waals surface area (Å²) in [7, 11) is 0. The van der Waals surface area contributed by atoms with Crippen LogP contribution in [0.1, 0.15) is 10.6 Å². The number of carbonyl (C=O) groups is 2. The number of thiophene rings is 1. The summed E-state index contributed by atoms with van der Waals surface area (Å²) >= 11 is 2.84. The first-order chi connectivity index (χ1) is 16.2. The Morgan fingerprint density at radius 3 is 2.42 bits per heavy atom. The maximum Gasteiger partial charge on any atom is 0.232 e. The molecule has 3 aromatic heterocycles. The number of nitrogens with zero attached hydrogens (tertiary/aromatic N) is 3. The van der Waals surface area contributed by atoms with Crippen LogP contribution in [0.15, 0.2) is 77.5 Å². The van der Waals surface area contributed by atoms with Gasteiger partial charge in [0, 0.05) is 15.9 Å². The number of amides is 2. The number of benzene rings is 2. The molecule has 7 nitrogen and oxygen atoms in total. The molecule has 33 heavy (non-hydrogen) atoms. The molecule has 0 saturated carbocycles. The molecule has 0 saturated heterocycles. The normalized spacial score (nSPS) is 10.9. The van der Waals surface area contributed by atoms with E-state index in [0.717, 1.165) is 21.6 Å². The zero-order valence-corrected chi connectivity index (χ0v) is 19.0. The fourth-order valence-corrected chi connectivity index (χ4v) is 4.89. The number of para-hydroxylation sites is 3. The Kier molecular flexibility index (Phi) is 5.97. The minimum Gasteiger partial charge on any atom is -0.302 e. The molecule has 2 N–H and O–H groups in total. The van der Waals surface area contributed by atoms with E-state index in [1.54, 1.807) is 5.38 Å². The van der Waals surface area contributed by atoms with E-state index in [2.05, 4.69) is 20.6 Å². The number of rotatable bonds is 7. The van der Waals surface area contributed by atoms with Crippen LogP contribution in [0.4, 0.5) is 11.1 Å². The molecule has 9 heteroatoms. The Bertz CT molecular complexity index is 1410. The molecular formula is C24H19N5O2S2. The van der Waals surface area contributed by atoms with Gasteiger partial charge in [0.2, 0.25) is 17.8 Å². The van der Waals surface area contributed by atoms with E-state index < -0.39 is 0 Å². The van der Waals surface area contributed by atoms with Crippen LogP contribution in [0.25, 0.3) is 16.7 Å². The van der Waals surface area contributed by atoms with Gasteiger partial charge in [0.1, 0.15) is 0 Å². The molecule has 0 fully saturated rings. The molecule has 0 atom stereocenters. The van der Waals surface area contributed by atoms with Gasteiger partial charge in [-0.1, -0.05) is 36.4 Å². The van der Waals surface area contributed by atoms with Gasteiger partial charge in [-0.25, -0.2) is 9.97 Å². The Morgan fingerprint density at radius 1 is 0.818 bits per heavy atom. The molecule has 164 valence electrons. The lowest BCUT2D eigenvalue weighted by Crippen LogP contribution is -2.18. The molecule has 0 spiro atoms. The minimum absolute atomic E-state index is 0.0787. The SMILES string of the molecule is O=C(Cc1cccs1)Nc1nc(CC(=O)Nc2nc3ccccc3n2-c2ccccc2)cs1. The summed E-state index contributed by atoms with van der Waals surface area (Å²) < 4.78 is 1.92. The van der Waals surface area contributed by atoms with Crippen LogP contribution in [-0.4, -0.2) is 26.3 Å². The molecule has 2 amide bonds. The Labute approximate surface area is 197 Å². The molecule has 0 aliphatic heterocycles. The van der Waals surface area contributed by atoms with Gasteiger partial charge in [0.05, 0.1) is 29.6 Å². The minimum atomic E-state index is -0.232. The smallest absolute Gasteiger partial charge is 0.232 e. The van der Waals surface area contributed by atoms with Gasteiger partial charge in [-0.2, -0.15) is 0 Å². The van der Waals surface area contributed by atoms with Gasteiger partial charge in [0.15, 0.2) is 5.13 Å². The third-order valence-corrected chi connectivity index (χ3v) is 6.56. The van der Waals surface area contributed by atoms with E-state index in [9.17, 15) is 9.59 Å². The van der Waals surface area contributed by atoms with E-state index in [-0.39, 0.29) is 18.2 Å². The lowest BCUT2D eigenvalue weighted by molar-refractivity contribution is -0.116. The van der Waals surface area contributed by atoms with Crippen LogP contribution in [0.2, 0.25) is 0 Å². The van der Waals surface area contributed by atoms with Crippen molar-refractivity contribution >= 4 is 56.6 Å². The zero-order chi connectivity index (χ0) is 22.6. The molecule has 0 unspecified atom stereocenters. The number of nitrogens with one attached hydrogen (secondary N) is 2. The number of hydrogen-bond acceptors (Lipinski definition) is 6. The molecule has 5 aromatic rings. The first kappa shape index (κ1) is 21.0. The maximum absolute atomic E-state index is 12.8. The Hall–Kier alpha value is -3.82. The van der Waals surface area contributed by atoms with Crippen LogP contribution in [-0.2, 0) is 22.4 Å². The summed E-state index contributed by atoms with van der Waals surface area (Å²) in [6.45, 7) is 0. The summed E-state index contributed by atoms with van der Waals surface area (Å²) in [5.41, 5.74) is 3.20. The molecule has 3 heterocycles.